The van der Waals surface area contributed by atoms with Crippen LogP contribution in [-0.2, 0) is 0 Å². The molecule has 0 spiro atoms. The van der Waals surface area contributed by atoms with Gasteiger partial charge in [-0.1, -0.05) is 29.3 Å². The number of fused-ring (bicyclic) bond motifs is 1. The monoisotopic (exact) mass is 323 g/mol. The molecule has 0 aliphatic carbocycles. The Morgan fingerprint density at radius 1 is 1.38 bits per heavy atom. The number of halogens is 2. The van der Waals surface area contributed by atoms with Crippen LogP contribution >= 0.6 is 23.2 Å². The number of carbonyl (C=O) groups excluding carboxylic acids is 1. The van der Waals surface area contributed by atoms with E-state index in [4.69, 9.17) is 23.2 Å². The van der Waals surface area contributed by atoms with E-state index in [9.17, 15) is 4.79 Å². The van der Waals surface area contributed by atoms with Gasteiger partial charge in [-0.15, -0.1) is 0 Å². The maximum atomic E-state index is 12.6. The summed E-state index contributed by atoms with van der Waals surface area (Å²) in [5.41, 5.74) is 1.25. The minimum atomic E-state index is 0.0168. The lowest BCUT2D eigenvalue weighted by atomic mass is 10.1. The van der Waals surface area contributed by atoms with Crippen molar-refractivity contribution in [3.8, 4) is 0 Å². The van der Waals surface area contributed by atoms with E-state index in [1.165, 1.54) is 0 Å². The van der Waals surface area contributed by atoms with E-state index in [0.717, 1.165) is 11.9 Å². The van der Waals surface area contributed by atoms with E-state index in [-0.39, 0.29) is 5.91 Å². The fraction of sp³-hybridized carbons (Fsp3) is 0.333. The average molecular weight is 324 g/mol. The van der Waals surface area contributed by atoms with Crippen LogP contribution < -0.4 is 5.32 Å². The van der Waals surface area contributed by atoms with Crippen LogP contribution in [0.15, 0.2) is 24.3 Å². The molecular formula is C15H15Cl2N3O. The van der Waals surface area contributed by atoms with Crippen LogP contribution in [0.25, 0.3) is 10.9 Å². The molecule has 1 atom stereocenters. The second-order valence-electron chi connectivity index (χ2n) is 5.27. The van der Waals surface area contributed by atoms with Gasteiger partial charge in [-0.2, -0.15) is 0 Å². The molecule has 0 saturated carbocycles. The molecule has 110 valence electrons. The van der Waals surface area contributed by atoms with Crippen LogP contribution in [0.2, 0.25) is 10.2 Å². The minimum absolute atomic E-state index is 0.0168. The van der Waals surface area contributed by atoms with Crippen molar-refractivity contribution in [2.45, 2.75) is 13.0 Å². The largest absolute Gasteiger partial charge is 0.336 e. The van der Waals surface area contributed by atoms with Crippen LogP contribution in [0.1, 0.15) is 17.3 Å². The smallest absolute Gasteiger partial charge is 0.254 e. The molecule has 21 heavy (non-hydrogen) atoms. The number of nitrogens with zero attached hydrogens (tertiary/aromatic N) is 2. The summed E-state index contributed by atoms with van der Waals surface area (Å²) in [4.78, 5) is 18.7. The van der Waals surface area contributed by atoms with Gasteiger partial charge in [0.15, 0.2) is 0 Å². The minimum Gasteiger partial charge on any atom is -0.336 e. The lowest BCUT2D eigenvalue weighted by molar-refractivity contribution is 0.0709. The van der Waals surface area contributed by atoms with Crippen molar-refractivity contribution >= 4 is 40.0 Å². The predicted octanol–water partition coefficient (Wildman–Crippen LogP) is 2.98. The molecule has 1 fully saturated rings. The molecule has 1 amide bonds. The molecule has 6 heteroatoms. The predicted molar refractivity (Wildman–Crippen MR) is 85.1 cm³/mol. The Morgan fingerprint density at radius 2 is 2.19 bits per heavy atom. The van der Waals surface area contributed by atoms with Crippen molar-refractivity contribution in [3.63, 3.8) is 0 Å². The maximum absolute atomic E-state index is 12.6. The first-order valence-corrected chi connectivity index (χ1v) is 7.58. The summed E-state index contributed by atoms with van der Waals surface area (Å²) in [6, 6.07) is 7.27. The van der Waals surface area contributed by atoms with Gasteiger partial charge in [-0.25, -0.2) is 4.98 Å². The Labute approximate surface area is 133 Å². The molecule has 1 aromatic heterocycles. The summed E-state index contributed by atoms with van der Waals surface area (Å²) in [7, 11) is 0. The molecule has 2 heterocycles. The van der Waals surface area contributed by atoms with E-state index in [2.05, 4.69) is 17.2 Å². The number of amides is 1. The number of pyridine rings is 1. The van der Waals surface area contributed by atoms with Crippen molar-refractivity contribution < 1.29 is 4.79 Å². The Balaban J connectivity index is 1.95. The van der Waals surface area contributed by atoms with Crippen molar-refractivity contribution in [3.05, 3.63) is 40.0 Å². The van der Waals surface area contributed by atoms with E-state index in [1.54, 1.807) is 18.2 Å². The average Bonchev–Trinajstić information content (AvgIpc) is 2.45. The maximum Gasteiger partial charge on any atom is 0.254 e. The number of carbonyl (C=O) groups is 1. The summed E-state index contributed by atoms with van der Waals surface area (Å²) < 4.78 is 0. The first-order chi connectivity index (χ1) is 10.0. The number of rotatable bonds is 1. The van der Waals surface area contributed by atoms with Crippen molar-refractivity contribution in [2.75, 3.05) is 19.6 Å². The summed E-state index contributed by atoms with van der Waals surface area (Å²) in [6.45, 7) is 4.31. The highest BCUT2D eigenvalue weighted by atomic mass is 35.5. The molecule has 0 bridgehead atoms. The third-order valence-electron chi connectivity index (χ3n) is 3.63. The van der Waals surface area contributed by atoms with Crippen LogP contribution in [0, 0.1) is 0 Å². The lowest BCUT2D eigenvalue weighted by Gasteiger charge is -2.32. The number of hydrogen-bond acceptors (Lipinski definition) is 3. The molecule has 1 aliphatic heterocycles. The molecule has 1 saturated heterocycles. The van der Waals surface area contributed by atoms with Gasteiger partial charge in [0.25, 0.3) is 5.91 Å². The molecule has 3 rings (SSSR count). The van der Waals surface area contributed by atoms with Crippen LogP contribution in [0.5, 0.6) is 0 Å². The molecule has 1 N–H and O–H groups in total. The first kappa shape index (κ1) is 14.6. The molecule has 4 nitrogen and oxygen atoms in total. The van der Waals surface area contributed by atoms with Gasteiger partial charge < -0.3 is 10.2 Å². The first-order valence-electron chi connectivity index (χ1n) is 6.83. The van der Waals surface area contributed by atoms with E-state index in [1.807, 2.05) is 11.0 Å². The highest BCUT2D eigenvalue weighted by Gasteiger charge is 2.22. The summed E-state index contributed by atoms with van der Waals surface area (Å²) in [6.07, 6.45) is 0. The normalized spacial score (nSPS) is 19.0. The SMILES string of the molecule is C[C@H]1CN(C(=O)c2ccc3c(Cl)cc(Cl)nc3c2)CCN1. The Morgan fingerprint density at radius 3 is 2.95 bits per heavy atom. The van der Waals surface area contributed by atoms with Crippen molar-refractivity contribution in [2.24, 2.45) is 0 Å². The third kappa shape index (κ3) is 2.98. The molecular weight excluding hydrogens is 309 g/mol. The van der Waals surface area contributed by atoms with Gasteiger partial charge in [0.2, 0.25) is 0 Å². The molecule has 2 aromatic rings. The zero-order valence-corrected chi connectivity index (χ0v) is 13.1. The topological polar surface area (TPSA) is 45.2 Å². The Hall–Kier alpha value is -1.36. The Bertz CT molecular complexity index is 705. The van der Waals surface area contributed by atoms with Gasteiger partial charge in [0.1, 0.15) is 5.15 Å². The van der Waals surface area contributed by atoms with Crippen LogP contribution in [-0.4, -0.2) is 41.5 Å². The highest BCUT2D eigenvalue weighted by molar-refractivity contribution is 6.37. The fourth-order valence-corrected chi connectivity index (χ4v) is 3.11. The Kier molecular flexibility index (Phi) is 4.02. The van der Waals surface area contributed by atoms with E-state index in [0.29, 0.717) is 40.4 Å². The van der Waals surface area contributed by atoms with Crippen LogP contribution in [0.3, 0.4) is 0 Å². The van der Waals surface area contributed by atoms with E-state index < -0.39 is 0 Å². The molecule has 0 radical (unpaired) electrons. The summed E-state index contributed by atoms with van der Waals surface area (Å²) in [5.74, 6) is 0.0168. The zero-order chi connectivity index (χ0) is 15.0. The van der Waals surface area contributed by atoms with Crippen molar-refractivity contribution in [1.29, 1.82) is 0 Å². The van der Waals surface area contributed by atoms with Gasteiger partial charge in [-0.05, 0) is 25.1 Å². The quantitative estimate of drug-likeness (QED) is 0.820. The number of piperazine rings is 1. The van der Waals surface area contributed by atoms with Crippen molar-refractivity contribution in [1.82, 2.24) is 15.2 Å². The molecule has 0 unspecified atom stereocenters. The lowest BCUT2D eigenvalue weighted by Crippen LogP contribution is -2.51. The number of aromatic nitrogens is 1. The summed E-state index contributed by atoms with van der Waals surface area (Å²) in [5, 5.41) is 4.99. The number of benzene rings is 1. The second-order valence-corrected chi connectivity index (χ2v) is 6.06. The highest BCUT2D eigenvalue weighted by Crippen LogP contribution is 2.26. The second kappa shape index (κ2) is 5.79. The number of hydrogen-bond donors (Lipinski definition) is 1. The molecule has 1 aliphatic rings. The number of nitrogens with one attached hydrogen (secondary N) is 1. The van der Waals surface area contributed by atoms with Crippen LogP contribution in [0.4, 0.5) is 0 Å². The molecule has 1 aromatic carbocycles. The fourth-order valence-electron chi connectivity index (χ4n) is 2.59. The zero-order valence-electron chi connectivity index (χ0n) is 11.6. The van der Waals surface area contributed by atoms with E-state index >= 15 is 0 Å². The van der Waals surface area contributed by atoms with Gasteiger partial charge in [-0.3, -0.25) is 4.79 Å². The standard InChI is InChI=1S/C15H15Cl2N3O/c1-9-8-20(5-4-18-9)15(21)10-2-3-11-12(16)7-14(17)19-13(11)6-10/h2-3,6-7,9,18H,4-5,8H2,1H3/t9-/m0/s1. The van der Waals surface area contributed by atoms with Gasteiger partial charge >= 0.3 is 0 Å². The third-order valence-corrected chi connectivity index (χ3v) is 4.14. The van der Waals surface area contributed by atoms with Gasteiger partial charge in [0.05, 0.1) is 10.5 Å². The van der Waals surface area contributed by atoms with Gasteiger partial charge in [0, 0.05) is 36.6 Å². The summed E-state index contributed by atoms with van der Waals surface area (Å²) >= 11 is 12.1.